The summed E-state index contributed by atoms with van der Waals surface area (Å²) >= 11 is 0. The zero-order valence-electron chi connectivity index (χ0n) is 16.9. The van der Waals surface area contributed by atoms with Gasteiger partial charge in [0.05, 0.1) is 0 Å². The van der Waals surface area contributed by atoms with Crippen LogP contribution in [0.2, 0.25) is 0 Å². The molecule has 29 heavy (non-hydrogen) atoms. The van der Waals surface area contributed by atoms with E-state index in [9.17, 15) is 14.7 Å². The largest absolute Gasteiger partial charge is 0.480 e. The number of nitrogens with one attached hydrogen (secondary N) is 1. The average Bonchev–Trinajstić information content (AvgIpc) is 3.02. The van der Waals surface area contributed by atoms with E-state index in [4.69, 9.17) is 4.74 Å². The van der Waals surface area contributed by atoms with Gasteiger partial charge in [-0.3, -0.25) is 0 Å². The lowest BCUT2D eigenvalue weighted by Crippen LogP contribution is -2.50. The number of aliphatic carboxylic acids is 1. The monoisotopic (exact) mass is 393 g/mol. The van der Waals surface area contributed by atoms with Crippen LogP contribution in [0.4, 0.5) is 4.79 Å². The van der Waals surface area contributed by atoms with Crippen molar-refractivity contribution < 1.29 is 19.4 Å². The predicted molar refractivity (Wildman–Crippen MR) is 113 cm³/mol. The van der Waals surface area contributed by atoms with Gasteiger partial charge in [-0.25, -0.2) is 9.59 Å². The molecule has 0 radical (unpaired) electrons. The van der Waals surface area contributed by atoms with Gasteiger partial charge in [0, 0.05) is 5.92 Å². The molecule has 152 valence electrons. The van der Waals surface area contributed by atoms with Gasteiger partial charge < -0.3 is 15.2 Å². The highest BCUT2D eigenvalue weighted by Crippen LogP contribution is 2.44. The lowest BCUT2D eigenvalue weighted by molar-refractivity contribution is -0.142. The van der Waals surface area contributed by atoms with E-state index in [2.05, 4.69) is 24.0 Å². The van der Waals surface area contributed by atoms with E-state index in [0.717, 1.165) is 22.3 Å². The second-order valence-corrected chi connectivity index (χ2v) is 8.06. The van der Waals surface area contributed by atoms with Crippen molar-refractivity contribution in [3.8, 4) is 11.1 Å². The number of amides is 1. The maximum Gasteiger partial charge on any atom is 0.407 e. The van der Waals surface area contributed by atoms with Gasteiger partial charge in [0.25, 0.3) is 0 Å². The first-order valence-electron chi connectivity index (χ1n) is 9.80. The molecule has 0 aliphatic heterocycles. The van der Waals surface area contributed by atoms with Crippen molar-refractivity contribution in [1.29, 1.82) is 0 Å². The van der Waals surface area contributed by atoms with Gasteiger partial charge in [-0.15, -0.1) is 6.58 Å². The minimum atomic E-state index is -1.08. The molecule has 0 spiro atoms. The molecule has 1 amide bonds. The summed E-state index contributed by atoms with van der Waals surface area (Å²) in [5.41, 5.74) is 3.88. The second-order valence-electron chi connectivity index (χ2n) is 8.06. The Morgan fingerprint density at radius 1 is 1.14 bits per heavy atom. The van der Waals surface area contributed by atoms with Crippen molar-refractivity contribution >= 4 is 12.1 Å². The summed E-state index contributed by atoms with van der Waals surface area (Å²) in [7, 11) is 0. The molecule has 1 unspecified atom stereocenters. The summed E-state index contributed by atoms with van der Waals surface area (Å²) in [6.07, 6.45) is 2.29. The highest BCUT2D eigenvalue weighted by Gasteiger charge is 2.37. The van der Waals surface area contributed by atoms with Crippen LogP contribution in [0.15, 0.2) is 61.2 Å². The number of ether oxygens (including phenoxy) is 1. The summed E-state index contributed by atoms with van der Waals surface area (Å²) in [5.74, 6) is -1.14. The normalized spacial score (nSPS) is 13.9. The quantitative estimate of drug-likeness (QED) is 0.621. The minimum absolute atomic E-state index is 0.0646. The Labute approximate surface area is 171 Å². The summed E-state index contributed by atoms with van der Waals surface area (Å²) < 4.78 is 5.49. The van der Waals surface area contributed by atoms with Crippen molar-refractivity contribution in [1.82, 2.24) is 5.32 Å². The molecule has 1 aliphatic carbocycles. The number of carboxylic acid groups (broad SMARTS) is 1. The SMILES string of the molecule is C=CCCC(C)(C)C(NC(=O)OCC1c2ccccc2-c2ccccc21)C(=O)O. The first-order valence-corrected chi connectivity index (χ1v) is 9.80. The van der Waals surface area contributed by atoms with E-state index in [-0.39, 0.29) is 12.5 Å². The van der Waals surface area contributed by atoms with Gasteiger partial charge in [-0.1, -0.05) is 68.5 Å². The highest BCUT2D eigenvalue weighted by molar-refractivity contribution is 5.81. The van der Waals surface area contributed by atoms with E-state index in [1.165, 1.54) is 0 Å². The summed E-state index contributed by atoms with van der Waals surface area (Å²) in [5, 5.41) is 12.1. The fourth-order valence-electron chi connectivity index (χ4n) is 3.97. The summed E-state index contributed by atoms with van der Waals surface area (Å²) in [6, 6.07) is 15.1. The smallest absolute Gasteiger partial charge is 0.407 e. The molecular weight excluding hydrogens is 366 g/mol. The molecule has 1 atom stereocenters. The number of carbonyl (C=O) groups is 2. The van der Waals surface area contributed by atoms with Crippen LogP contribution in [0.5, 0.6) is 0 Å². The maximum atomic E-state index is 12.4. The molecule has 1 aliphatic rings. The fourth-order valence-corrected chi connectivity index (χ4v) is 3.97. The average molecular weight is 393 g/mol. The molecule has 0 saturated carbocycles. The van der Waals surface area contributed by atoms with Crippen molar-refractivity contribution in [2.45, 2.75) is 38.6 Å². The minimum Gasteiger partial charge on any atom is -0.480 e. The van der Waals surface area contributed by atoms with Gasteiger partial charge >= 0.3 is 12.1 Å². The van der Waals surface area contributed by atoms with Crippen LogP contribution in [0.3, 0.4) is 0 Å². The molecule has 0 fully saturated rings. The molecule has 2 N–H and O–H groups in total. The van der Waals surface area contributed by atoms with Gasteiger partial charge in [-0.2, -0.15) is 0 Å². The zero-order chi connectivity index (χ0) is 21.0. The van der Waals surface area contributed by atoms with Crippen molar-refractivity contribution in [2.75, 3.05) is 6.61 Å². The molecule has 3 rings (SSSR count). The highest BCUT2D eigenvalue weighted by atomic mass is 16.5. The van der Waals surface area contributed by atoms with E-state index in [1.807, 2.05) is 50.2 Å². The third kappa shape index (κ3) is 4.34. The Hall–Kier alpha value is -3.08. The zero-order valence-corrected chi connectivity index (χ0v) is 16.9. The number of rotatable bonds is 8. The second kappa shape index (κ2) is 8.52. The van der Waals surface area contributed by atoms with Gasteiger partial charge in [-0.05, 0) is 40.5 Å². The molecular formula is C24H27NO4. The third-order valence-electron chi connectivity index (χ3n) is 5.63. The lowest BCUT2D eigenvalue weighted by atomic mass is 9.80. The van der Waals surface area contributed by atoms with Crippen LogP contribution in [-0.2, 0) is 9.53 Å². The standard InChI is InChI=1S/C24H27NO4/c1-4-5-14-24(2,3)21(22(26)27)25-23(28)29-15-20-18-12-8-6-10-16(18)17-11-7-9-13-19(17)20/h4,6-13,20-21H,1,5,14-15H2,2-3H3,(H,25,28)(H,26,27). The van der Waals surface area contributed by atoms with Gasteiger partial charge in [0.1, 0.15) is 12.6 Å². The van der Waals surface area contributed by atoms with Crippen LogP contribution in [0.1, 0.15) is 43.7 Å². The number of allylic oxidation sites excluding steroid dienone is 1. The number of hydrogen-bond donors (Lipinski definition) is 2. The van der Waals surface area contributed by atoms with Gasteiger partial charge in [0.2, 0.25) is 0 Å². The first-order chi connectivity index (χ1) is 13.8. The van der Waals surface area contributed by atoms with Crippen LogP contribution in [0, 0.1) is 5.41 Å². The number of benzene rings is 2. The molecule has 2 aromatic rings. The summed E-state index contributed by atoms with van der Waals surface area (Å²) in [4.78, 5) is 24.2. The number of carboxylic acids is 1. The van der Waals surface area contributed by atoms with E-state index in [0.29, 0.717) is 12.8 Å². The molecule has 2 aromatic carbocycles. The number of hydrogen-bond acceptors (Lipinski definition) is 3. The maximum absolute atomic E-state index is 12.4. The lowest BCUT2D eigenvalue weighted by Gasteiger charge is -2.31. The topological polar surface area (TPSA) is 75.6 Å². The van der Waals surface area contributed by atoms with Crippen LogP contribution >= 0.6 is 0 Å². The number of carbonyl (C=O) groups excluding carboxylic acids is 1. The molecule has 0 bridgehead atoms. The molecule has 5 heteroatoms. The number of alkyl carbamates (subject to hydrolysis) is 1. The first kappa shape index (κ1) is 20.6. The Balaban J connectivity index is 1.70. The fraction of sp³-hybridized carbons (Fsp3) is 0.333. The Morgan fingerprint density at radius 3 is 2.21 bits per heavy atom. The van der Waals surface area contributed by atoms with Crippen molar-refractivity contribution in [2.24, 2.45) is 5.41 Å². The predicted octanol–water partition coefficient (Wildman–Crippen LogP) is 4.97. The third-order valence-corrected chi connectivity index (χ3v) is 5.63. The molecule has 0 saturated heterocycles. The Kier molecular flexibility index (Phi) is 6.06. The van der Waals surface area contributed by atoms with Crippen LogP contribution in [-0.4, -0.2) is 29.8 Å². The molecule has 0 heterocycles. The van der Waals surface area contributed by atoms with Crippen molar-refractivity contribution in [3.63, 3.8) is 0 Å². The molecule has 0 aromatic heterocycles. The van der Waals surface area contributed by atoms with E-state index >= 15 is 0 Å². The van der Waals surface area contributed by atoms with Crippen LogP contribution < -0.4 is 5.32 Å². The van der Waals surface area contributed by atoms with E-state index in [1.54, 1.807) is 6.08 Å². The van der Waals surface area contributed by atoms with E-state index < -0.39 is 23.5 Å². The summed E-state index contributed by atoms with van der Waals surface area (Å²) in [6.45, 7) is 7.47. The Bertz CT molecular complexity index is 873. The van der Waals surface area contributed by atoms with Crippen molar-refractivity contribution in [3.05, 3.63) is 72.3 Å². The van der Waals surface area contributed by atoms with Crippen LogP contribution in [0.25, 0.3) is 11.1 Å². The number of fused-ring (bicyclic) bond motifs is 3. The molecule has 5 nitrogen and oxygen atoms in total. The Morgan fingerprint density at radius 2 is 1.69 bits per heavy atom. The van der Waals surface area contributed by atoms with Gasteiger partial charge in [0.15, 0.2) is 0 Å².